The lowest BCUT2D eigenvalue weighted by Crippen LogP contribution is -1.81. The molecule has 17 heavy (non-hydrogen) atoms. The zero-order chi connectivity index (χ0) is 11.9. The first-order valence-electron chi connectivity index (χ1n) is 5.69. The third-order valence-electron chi connectivity index (χ3n) is 2.42. The number of hydrogen-bond donors (Lipinski definition) is 0. The molecule has 0 radical (unpaired) electrons. The molecule has 0 atom stereocenters. The first-order chi connectivity index (χ1) is 8.40. The summed E-state index contributed by atoms with van der Waals surface area (Å²) in [4.78, 5) is 0. The van der Waals surface area contributed by atoms with Crippen molar-refractivity contribution in [3.63, 3.8) is 0 Å². The predicted octanol–water partition coefficient (Wildman–Crippen LogP) is 4.12. The summed E-state index contributed by atoms with van der Waals surface area (Å²) in [6.45, 7) is 2.02. The van der Waals surface area contributed by atoms with Crippen molar-refractivity contribution in [2.75, 3.05) is 0 Å². The van der Waals surface area contributed by atoms with Gasteiger partial charge in [0.25, 0.3) is 0 Å². The molecule has 0 saturated carbocycles. The number of rotatable bonds is 1. The van der Waals surface area contributed by atoms with Crippen molar-refractivity contribution in [3.8, 4) is 11.8 Å². The fraction of sp³-hybridized carbons (Fsp3) is 0.0588. The Morgan fingerprint density at radius 3 is 2.29 bits per heavy atom. The van der Waals surface area contributed by atoms with Crippen LogP contribution in [0, 0.1) is 11.8 Å². The fourth-order valence-electron chi connectivity index (χ4n) is 1.60. The molecule has 0 heteroatoms. The minimum atomic E-state index is 1.04. The second kappa shape index (κ2) is 5.72. The van der Waals surface area contributed by atoms with Gasteiger partial charge in [-0.1, -0.05) is 60.4 Å². The highest BCUT2D eigenvalue weighted by molar-refractivity contribution is 5.59. The molecule has 2 aromatic rings. The zero-order valence-electron chi connectivity index (χ0n) is 9.85. The summed E-state index contributed by atoms with van der Waals surface area (Å²) in [7, 11) is 0. The molecule has 0 aliphatic heterocycles. The van der Waals surface area contributed by atoms with Crippen molar-refractivity contribution in [3.05, 3.63) is 77.4 Å². The second-order valence-electron chi connectivity index (χ2n) is 3.70. The SMILES string of the molecule is CC=Cc1ccccc1C#Cc1ccccc1. The van der Waals surface area contributed by atoms with Gasteiger partial charge in [-0.25, -0.2) is 0 Å². The van der Waals surface area contributed by atoms with Gasteiger partial charge < -0.3 is 0 Å². The minimum absolute atomic E-state index is 1.04. The first kappa shape index (κ1) is 11.2. The van der Waals surface area contributed by atoms with E-state index in [9.17, 15) is 0 Å². The molecular weight excluding hydrogens is 204 g/mol. The Morgan fingerprint density at radius 1 is 0.824 bits per heavy atom. The molecule has 0 nitrogen and oxygen atoms in total. The van der Waals surface area contributed by atoms with Crippen LogP contribution in [-0.2, 0) is 0 Å². The Morgan fingerprint density at radius 2 is 1.53 bits per heavy atom. The highest BCUT2D eigenvalue weighted by Gasteiger charge is 1.93. The summed E-state index contributed by atoms with van der Waals surface area (Å²) in [6.07, 6.45) is 4.11. The molecule has 82 valence electrons. The zero-order valence-corrected chi connectivity index (χ0v) is 9.85. The van der Waals surface area contributed by atoms with Crippen LogP contribution in [0.25, 0.3) is 6.08 Å². The number of hydrogen-bond acceptors (Lipinski definition) is 0. The molecule has 0 spiro atoms. The monoisotopic (exact) mass is 218 g/mol. The van der Waals surface area contributed by atoms with Crippen LogP contribution < -0.4 is 0 Å². The third-order valence-corrected chi connectivity index (χ3v) is 2.42. The van der Waals surface area contributed by atoms with Crippen molar-refractivity contribution >= 4 is 6.08 Å². The van der Waals surface area contributed by atoms with E-state index in [0.717, 1.165) is 11.1 Å². The van der Waals surface area contributed by atoms with Gasteiger partial charge in [0.15, 0.2) is 0 Å². The topological polar surface area (TPSA) is 0 Å². The summed E-state index contributed by atoms with van der Waals surface area (Å²) in [5.41, 5.74) is 3.27. The first-order valence-corrected chi connectivity index (χ1v) is 5.69. The van der Waals surface area contributed by atoms with Gasteiger partial charge in [-0.2, -0.15) is 0 Å². The largest absolute Gasteiger partial charge is 0.0870 e. The summed E-state index contributed by atoms with van der Waals surface area (Å²) in [6, 6.07) is 18.2. The van der Waals surface area contributed by atoms with Gasteiger partial charge >= 0.3 is 0 Å². The molecule has 0 N–H and O–H groups in total. The third kappa shape index (κ3) is 3.09. The van der Waals surface area contributed by atoms with Gasteiger partial charge in [0.05, 0.1) is 0 Å². The minimum Gasteiger partial charge on any atom is -0.0870 e. The van der Waals surface area contributed by atoms with Crippen LogP contribution in [0.3, 0.4) is 0 Å². The van der Waals surface area contributed by atoms with E-state index in [1.54, 1.807) is 0 Å². The van der Waals surface area contributed by atoms with Gasteiger partial charge in [-0.3, -0.25) is 0 Å². The average Bonchev–Trinajstić information content (AvgIpc) is 2.39. The van der Waals surface area contributed by atoms with Gasteiger partial charge in [0.1, 0.15) is 0 Å². The Bertz CT molecular complexity index is 566. The molecular formula is C17H14. The van der Waals surface area contributed by atoms with Gasteiger partial charge in [0.2, 0.25) is 0 Å². The molecule has 0 aliphatic rings. The van der Waals surface area contributed by atoms with Crippen LogP contribution in [0.1, 0.15) is 23.6 Å². The molecule has 0 unspecified atom stereocenters. The summed E-state index contributed by atoms with van der Waals surface area (Å²) in [5.74, 6) is 6.39. The smallest absolute Gasteiger partial charge is 0.0321 e. The maximum absolute atomic E-state index is 3.21. The lowest BCUT2D eigenvalue weighted by Gasteiger charge is -1.96. The van der Waals surface area contributed by atoms with E-state index in [1.807, 2.05) is 61.5 Å². The van der Waals surface area contributed by atoms with E-state index in [4.69, 9.17) is 0 Å². The van der Waals surface area contributed by atoms with Crippen LogP contribution in [0.4, 0.5) is 0 Å². The van der Waals surface area contributed by atoms with Crippen molar-refractivity contribution in [2.45, 2.75) is 6.92 Å². The standard InChI is InChI=1S/C17H14/c1-2-8-16-11-6-7-12-17(16)14-13-15-9-4-3-5-10-15/h2-12H,1H3. The Labute approximate surface area is 103 Å². The van der Waals surface area contributed by atoms with Crippen molar-refractivity contribution < 1.29 is 0 Å². The van der Waals surface area contributed by atoms with Gasteiger partial charge in [-0.05, 0) is 30.7 Å². The van der Waals surface area contributed by atoms with E-state index in [0.29, 0.717) is 0 Å². The molecule has 0 fully saturated rings. The highest BCUT2D eigenvalue weighted by atomic mass is 14.0. The van der Waals surface area contributed by atoms with E-state index < -0.39 is 0 Å². The van der Waals surface area contributed by atoms with E-state index >= 15 is 0 Å². The molecule has 0 bridgehead atoms. The quantitative estimate of drug-likeness (QED) is 0.632. The molecule has 2 aromatic carbocycles. The van der Waals surface area contributed by atoms with E-state index in [-0.39, 0.29) is 0 Å². The molecule has 2 rings (SSSR count). The second-order valence-corrected chi connectivity index (χ2v) is 3.70. The molecule has 0 aromatic heterocycles. The maximum Gasteiger partial charge on any atom is 0.0321 e. The van der Waals surface area contributed by atoms with Crippen molar-refractivity contribution in [1.82, 2.24) is 0 Å². The Kier molecular flexibility index (Phi) is 3.78. The Hall–Kier alpha value is -2.26. The molecule has 0 aliphatic carbocycles. The van der Waals surface area contributed by atoms with Crippen molar-refractivity contribution in [1.29, 1.82) is 0 Å². The lowest BCUT2D eigenvalue weighted by molar-refractivity contribution is 1.58. The highest BCUT2D eigenvalue weighted by Crippen LogP contribution is 2.09. The number of benzene rings is 2. The fourth-order valence-corrected chi connectivity index (χ4v) is 1.60. The van der Waals surface area contributed by atoms with Crippen LogP contribution >= 0.6 is 0 Å². The maximum atomic E-state index is 3.21. The number of allylic oxidation sites excluding steroid dienone is 1. The Balaban J connectivity index is 2.34. The van der Waals surface area contributed by atoms with Gasteiger partial charge in [0, 0.05) is 11.1 Å². The lowest BCUT2D eigenvalue weighted by atomic mass is 10.1. The predicted molar refractivity (Wildman–Crippen MR) is 73.6 cm³/mol. The summed E-state index contributed by atoms with van der Waals surface area (Å²) < 4.78 is 0. The van der Waals surface area contributed by atoms with Crippen LogP contribution in [0.15, 0.2) is 60.7 Å². The molecule has 0 amide bonds. The summed E-state index contributed by atoms with van der Waals surface area (Å²) in [5, 5.41) is 0. The summed E-state index contributed by atoms with van der Waals surface area (Å²) >= 11 is 0. The average molecular weight is 218 g/mol. The van der Waals surface area contributed by atoms with Crippen LogP contribution in [0.5, 0.6) is 0 Å². The van der Waals surface area contributed by atoms with Crippen molar-refractivity contribution in [2.24, 2.45) is 0 Å². The van der Waals surface area contributed by atoms with E-state index in [1.165, 1.54) is 5.56 Å². The molecule has 0 heterocycles. The van der Waals surface area contributed by atoms with Gasteiger partial charge in [-0.15, -0.1) is 0 Å². The normalized spacial score (nSPS) is 9.94. The van der Waals surface area contributed by atoms with Crippen LogP contribution in [0.2, 0.25) is 0 Å². The molecule has 0 saturated heterocycles. The van der Waals surface area contributed by atoms with E-state index in [2.05, 4.69) is 24.0 Å². The van der Waals surface area contributed by atoms with Crippen LogP contribution in [-0.4, -0.2) is 0 Å².